The average molecular weight is 530 g/mol. The molecule has 0 spiro atoms. The minimum atomic E-state index is -0.943. The van der Waals surface area contributed by atoms with Crippen molar-refractivity contribution in [1.29, 1.82) is 0 Å². The minimum absolute atomic E-state index is 0.0758. The van der Waals surface area contributed by atoms with E-state index < -0.39 is 23.6 Å². The molecule has 0 unspecified atom stereocenters. The van der Waals surface area contributed by atoms with Gasteiger partial charge in [0.25, 0.3) is 0 Å². The lowest BCUT2D eigenvalue weighted by Crippen LogP contribution is -2.39. The van der Waals surface area contributed by atoms with Gasteiger partial charge in [-0.25, -0.2) is 5.43 Å². The molecule has 1 aromatic heterocycles. The zero-order valence-corrected chi connectivity index (χ0v) is 20.4. The van der Waals surface area contributed by atoms with Gasteiger partial charge in [-0.1, -0.05) is 53.5 Å². The van der Waals surface area contributed by atoms with Crippen LogP contribution in [0.1, 0.15) is 30.0 Å². The first-order valence-electron chi connectivity index (χ1n) is 10.5. The van der Waals surface area contributed by atoms with Gasteiger partial charge >= 0.3 is 23.6 Å². The highest BCUT2D eigenvalue weighted by molar-refractivity contribution is 6.43. The summed E-state index contributed by atoms with van der Waals surface area (Å²) in [7, 11) is 0. The van der Waals surface area contributed by atoms with E-state index in [-0.39, 0.29) is 23.4 Å². The molecule has 0 aliphatic heterocycles. The second-order valence-corrected chi connectivity index (χ2v) is 8.19. The highest BCUT2D eigenvalue weighted by Crippen LogP contribution is 2.24. The number of nitrogens with zero attached hydrogens (tertiary/aromatic N) is 1. The van der Waals surface area contributed by atoms with E-state index in [1.807, 2.05) is 30.3 Å². The molecule has 1 heterocycles. The molecule has 36 heavy (non-hydrogen) atoms. The van der Waals surface area contributed by atoms with Crippen LogP contribution in [0.25, 0.3) is 0 Å². The number of furan rings is 1. The number of halogens is 2. The van der Waals surface area contributed by atoms with Crippen LogP contribution in [0.4, 0.5) is 5.69 Å². The third-order valence-electron chi connectivity index (χ3n) is 4.70. The van der Waals surface area contributed by atoms with Crippen LogP contribution in [-0.4, -0.2) is 29.8 Å². The van der Waals surface area contributed by atoms with Gasteiger partial charge in [-0.15, -0.1) is 0 Å². The number of anilines is 1. The smallest absolute Gasteiger partial charge is 0.329 e. The fourth-order valence-corrected chi connectivity index (χ4v) is 3.16. The number of carbonyl (C=O) groups excluding carboxylic acids is 4. The Kier molecular flexibility index (Phi) is 9.20. The first-order valence-corrected chi connectivity index (χ1v) is 11.3. The molecular formula is C24H21Cl2N5O5. The van der Waals surface area contributed by atoms with E-state index in [1.54, 1.807) is 13.0 Å². The Labute approximate surface area is 216 Å². The first-order chi connectivity index (χ1) is 17.2. The number of nitrogens with one attached hydrogen (secondary N) is 4. The summed E-state index contributed by atoms with van der Waals surface area (Å²) in [6, 6.07) is 16.3. The van der Waals surface area contributed by atoms with E-state index in [4.69, 9.17) is 27.6 Å². The molecule has 10 nitrogen and oxygen atoms in total. The summed E-state index contributed by atoms with van der Waals surface area (Å²) >= 11 is 11.7. The summed E-state index contributed by atoms with van der Waals surface area (Å²) in [5.74, 6) is -3.00. The van der Waals surface area contributed by atoms with Gasteiger partial charge in [0.05, 0.1) is 28.8 Å². The van der Waals surface area contributed by atoms with Gasteiger partial charge in [-0.2, -0.15) is 5.10 Å². The van der Waals surface area contributed by atoms with Crippen molar-refractivity contribution in [1.82, 2.24) is 16.1 Å². The molecule has 186 valence electrons. The molecule has 0 fully saturated rings. The zero-order chi connectivity index (χ0) is 26.1. The maximum atomic E-state index is 12.0. The highest BCUT2D eigenvalue weighted by atomic mass is 35.5. The largest absolute Gasteiger partial charge is 0.458 e. The summed E-state index contributed by atoms with van der Waals surface area (Å²) in [6.45, 7) is 1.68. The molecule has 12 heteroatoms. The van der Waals surface area contributed by atoms with Gasteiger partial charge in [0.2, 0.25) is 0 Å². The molecule has 0 saturated carbocycles. The van der Waals surface area contributed by atoms with Crippen molar-refractivity contribution in [3.8, 4) is 0 Å². The summed E-state index contributed by atoms with van der Waals surface area (Å²) in [5, 5.41) is 11.6. The van der Waals surface area contributed by atoms with E-state index in [1.165, 1.54) is 30.5 Å². The monoisotopic (exact) mass is 529 g/mol. The van der Waals surface area contributed by atoms with Crippen molar-refractivity contribution >= 4 is 58.7 Å². The van der Waals surface area contributed by atoms with Crippen molar-refractivity contribution in [2.75, 3.05) is 5.32 Å². The van der Waals surface area contributed by atoms with Crippen molar-refractivity contribution in [3.63, 3.8) is 0 Å². The van der Waals surface area contributed by atoms with Crippen LogP contribution >= 0.6 is 23.2 Å². The van der Waals surface area contributed by atoms with Crippen LogP contribution in [-0.2, 0) is 25.7 Å². The molecule has 0 radical (unpaired) electrons. The number of hydrogen-bond donors (Lipinski definition) is 4. The Morgan fingerprint density at radius 2 is 1.67 bits per heavy atom. The average Bonchev–Trinajstić information content (AvgIpc) is 3.32. The van der Waals surface area contributed by atoms with Crippen molar-refractivity contribution in [3.05, 3.63) is 87.8 Å². The normalized spacial score (nSPS) is 11.5. The lowest BCUT2D eigenvalue weighted by Gasteiger charge is -2.13. The number of hydrazone groups is 1. The van der Waals surface area contributed by atoms with Gasteiger partial charge in [-0.3, -0.25) is 19.2 Å². The van der Waals surface area contributed by atoms with E-state index in [2.05, 4.69) is 26.5 Å². The zero-order valence-electron chi connectivity index (χ0n) is 18.9. The third-order valence-corrected chi connectivity index (χ3v) is 5.44. The standard InChI is InChI=1S/C24H21Cl2N5O5/c1-14(15-5-3-2-4-6-15)29-23(34)24(35)31-28-13-18-9-8-17(36-18)12-27-21(32)22(33)30-16-7-10-19(25)20(26)11-16/h2-11,13-14H,12H2,1H3,(H,27,32)(H,29,34)(H,30,33)(H,31,35)/b28-13+/t14-/m0/s1. The Hall–Kier alpha value is -4.15. The Morgan fingerprint density at radius 3 is 2.39 bits per heavy atom. The van der Waals surface area contributed by atoms with E-state index in [9.17, 15) is 19.2 Å². The summed E-state index contributed by atoms with van der Waals surface area (Å²) in [6.07, 6.45) is 1.19. The van der Waals surface area contributed by atoms with Gasteiger partial charge in [0.15, 0.2) is 0 Å². The van der Waals surface area contributed by atoms with Crippen molar-refractivity contribution in [2.24, 2.45) is 5.10 Å². The molecule has 3 aromatic rings. The Morgan fingerprint density at radius 1 is 0.917 bits per heavy atom. The number of carbonyl (C=O) groups is 4. The molecular weight excluding hydrogens is 509 g/mol. The van der Waals surface area contributed by atoms with Crippen LogP contribution < -0.4 is 21.4 Å². The minimum Gasteiger partial charge on any atom is -0.458 e. The number of amides is 4. The fraction of sp³-hybridized carbons (Fsp3) is 0.125. The fourth-order valence-electron chi connectivity index (χ4n) is 2.86. The van der Waals surface area contributed by atoms with Crippen LogP contribution in [0.5, 0.6) is 0 Å². The van der Waals surface area contributed by atoms with Gasteiger partial charge in [-0.05, 0) is 42.8 Å². The molecule has 2 aromatic carbocycles. The van der Waals surface area contributed by atoms with E-state index in [0.717, 1.165) is 5.56 Å². The van der Waals surface area contributed by atoms with Crippen LogP contribution in [0.3, 0.4) is 0 Å². The lowest BCUT2D eigenvalue weighted by atomic mass is 10.1. The van der Waals surface area contributed by atoms with Crippen LogP contribution in [0, 0.1) is 0 Å². The second kappa shape index (κ2) is 12.5. The number of hydrogen-bond acceptors (Lipinski definition) is 6. The predicted molar refractivity (Wildman–Crippen MR) is 134 cm³/mol. The van der Waals surface area contributed by atoms with Crippen LogP contribution in [0.15, 0.2) is 70.2 Å². The predicted octanol–water partition coefficient (Wildman–Crippen LogP) is 3.17. The van der Waals surface area contributed by atoms with Gasteiger partial charge in [0, 0.05) is 5.69 Å². The number of rotatable bonds is 7. The van der Waals surface area contributed by atoms with Crippen LogP contribution in [0.2, 0.25) is 10.0 Å². The molecule has 0 aliphatic rings. The Bertz CT molecular complexity index is 1290. The third kappa shape index (κ3) is 7.69. The maximum absolute atomic E-state index is 12.0. The Balaban J connectivity index is 1.42. The van der Waals surface area contributed by atoms with Crippen molar-refractivity contribution < 1.29 is 23.6 Å². The molecule has 0 aliphatic carbocycles. The van der Waals surface area contributed by atoms with Gasteiger partial charge in [0.1, 0.15) is 11.5 Å². The SMILES string of the molecule is C[C@H](NC(=O)C(=O)N/N=C/c1ccc(CNC(=O)C(=O)Nc2ccc(Cl)c(Cl)c2)o1)c1ccccc1. The van der Waals surface area contributed by atoms with Gasteiger partial charge < -0.3 is 20.4 Å². The molecule has 0 bridgehead atoms. The number of benzene rings is 2. The molecule has 3 rings (SSSR count). The van der Waals surface area contributed by atoms with Crippen molar-refractivity contribution in [2.45, 2.75) is 19.5 Å². The molecule has 4 N–H and O–H groups in total. The topological polar surface area (TPSA) is 142 Å². The second-order valence-electron chi connectivity index (χ2n) is 7.37. The summed E-state index contributed by atoms with van der Waals surface area (Å²) in [5.41, 5.74) is 3.27. The summed E-state index contributed by atoms with van der Waals surface area (Å²) in [4.78, 5) is 48.0. The summed E-state index contributed by atoms with van der Waals surface area (Å²) < 4.78 is 5.45. The maximum Gasteiger partial charge on any atom is 0.329 e. The quantitative estimate of drug-likeness (QED) is 0.211. The molecule has 4 amide bonds. The molecule has 0 saturated heterocycles. The van der Waals surface area contributed by atoms with E-state index in [0.29, 0.717) is 16.5 Å². The molecule has 1 atom stereocenters. The van der Waals surface area contributed by atoms with E-state index >= 15 is 0 Å². The first kappa shape index (κ1) is 26.5. The lowest BCUT2D eigenvalue weighted by molar-refractivity contribution is -0.139. The highest BCUT2D eigenvalue weighted by Gasteiger charge is 2.17.